The molecule has 3 aromatic carbocycles. The largest absolute Gasteiger partial charge is 0.369 e. The number of anilines is 1. The number of nitrogens with zero attached hydrogens (tertiary/aromatic N) is 2. The molecule has 0 aliphatic carbocycles. The Morgan fingerprint density at radius 2 is 1.81 bits per heavy atom. The van der Waals surface area contributed by atoms with Crippen molar-refractivity contribution in [2.24, 2.45) is 4.99 Å². The molecule has 0 N–H and O–H groups in total. The fraction of sp³-hybridized carbons (Fsp3) is 0.292. The molecule has 132 valence electrons. The van der Waals surface area contributed by atoms with Crippen molar-refractivity contribution in [3.05, 3.63) is 71.8 Å². The highest BCUT2D eigenvalue weighted by Crippen LogP contribution is 2.42. The van der Waals surface area contributed by atoms with Gasteiger partial charge >= 0.3 is 0 Å². The monoisotopic (exact) mass is 342 g/mol. The van der Waals surface area contributed by atoms with Crippen molar-refractivity contribution in [3.63, 3.8) is 0 Å². The van der Waals surface area contributed by atoms with Crippen LogP contribution in [0.1, 0.15) is 44.2 Å². The number of fused-ring (bicyclic) bond motifs is 2. The van der Waals surface area contributed by atoms with Crippen molar-refractivity contribution >= 4 is 28.4 Å². The number of hydrogen-bond donors (Lipinski definition) is 0. The lowest BCUT2D eigenvalue weighted by atomic mass is 9.80. The Morgan fingerprint density at radius 1 is 1.04 bits per heavy atom. The maximum atomic E-state index is 4.79. The van der Waals surface area contributed by atoms with E-state index in [-0.39, 0.29) is 5.54 Å². The molecule has 2 nitrogen and oxygen atoms in total. The van der Waals surface area contributed by atoms with Crippen molar-refractivity contribution in [3.8, 4) is 0 Å². The van der Waals surface area contributed by atoms with Crippen LogP contribution in [0.15, 0.2) is 65.7 Å². The lowest BCUT2D eigenvalue weighted by molar-refractivity contribution is 0.395. The third-order valence-corrected chi connectivity index (χ3v) is 5.78. The van der Waals surface area contributed by atoms with Crippen LogP contribution in [0, 0.1) is 0 Å². The van der Waals surface area contributed by atoms with Crippen molar-refractivity contribution in [1.82, 2.24) is 0 Å². The number of rotatable bonds is 2. The van der Waals surface area contributed by atoms with Gasteiger partial charge in [-0.15, -0.1) is 0 Å². The molecule has 0 spiro atoms. The second-order valence-corrected chi connectivity index (χ2v) is 8.05. The van der Waals surface area contributed by atoms with E-state index in [9.17, 15) is 0 Å². The summed E-state index contributed by atoms with van der Waals surface area (Å²) in [5, 5.41) is 2.42. The highest BCUT2D eigenvalue weighted by Gasteiger charge is 2.33. The van der Waals surface area contributed by atoms with Gasteiger partial charge < -0.3 is 4.90 Å². The SMILES string of the molecule is CC1CC(C)(C)N(C)c2ccc(C=Nc3cccc4ccccc34)cc21. The normalized spacial score (nSPS) is 19.1. The minimum atomic E-state index is 0.199. The maximum Gasteiger partial charge on any atom is 0.0708 e. The van der Waals surface area contributed by atoms with Crippen LogP contribution in [0.3, 0.4) is 0 Å². The predicted molar refractivity (Wildman–Crippen MR) is 113 cm³/mol. The Hall–Kier alpha value is -2.61. The van der Waals surface area contributed by atoms with Gasteiger partial charge in [0.2, 0.25) is 0 Å². The lowest BCUT2D eigenvalue weighted by Crippen LogP contribution is -2.45. The zero-order chi connectivity index (χ0) is 18.3. The summed E-state index contributed by atoms with van der Waals surface area (Å²) in [5.74, 6) is 0.558. The first-order chi connectivity index (χ1) is 12.5. The van der Waals surface area contributed by atoms with Crippen LogP contribution in [0.4, 0.5) is 11.4 Å². The molecule has 4 rings (SSSR count). The summed E-state index contributed by atoms with van der Waals surface area (Å²) < 4.78 is 0. The summed E-state index contributed by atoms with van der Waals surface area (Å²) in [6.45, 7) is 6.98. The molecule has 0 fully saturated rings. The van der Waals surface area contributed by atoms with Crippen LogP contribution >= 0.6 is 0 Å². The van der Waals surface area contributed by atoms with Crippen LogP contribution in [0.2, 0.25) is 0 Å². The molecular weight excluding hydrogens is 316 g/mol. The van der Waals surface area contributed by atoms with E-state index in [1.807, 2.05) is 6.21 Å². The summed E-state index contributed by atoms with van der Waals surface area (Å²) in [4.78, 5) is 7.20. The quantitative estimate of drug-likeness (QED) is 0.498. The Morgan fingerprint density at radius 3 is 2.65 bits per heavy atom. The number of aliphatic imine (C=N–C) groups is 1. The van der Waals surface area contributed by atoms with Crippen molar-refractivity contribution in [2.45, 2.75) is 38.6 Å². The molecule has 1 heterocycles. The maximum absolute atomic E-state index is 4.79. The van der Waals surface area contributed by atoms with Crippen LogP contribution in [0.5, 0.6) is 0 Å². The minimum Gasteiger partial charge on any atom is -0.369 e. The van der Waals surface area contributed by atoms with Gasteiger partial charge in [0.1, 0.15) is 0 Å². The Balaban J connectivity index is 1.70. The third kappa shape index (κ3) is 2.90. The molecule has 0 amide bonds. The minimum absolute atomic E-state index is 0.199. The summed E-state index contributed by atoms with van der Waals surface area (Å²) in [6.07, 6.45) is 3.16. The van der Waals surface area contributed by atoms with Crippen molar-refractivity contribution in [2.75, 3.05) is 11.9 Å². The van der Waals surface area contributed by atoms with Crippen LogP contribution in [-0.4, -0.2) is 18.8 Å². The van der Waals surface area contributed by atoms with Gasteiger partial charge in [-0.2, -0.15) is 0 Å². The van der Waals surface area contributed by atoms with E-state index in [1.54, 1.807) is 0 Å². The fourth-order valence-electron chi connectivity index (χ4n) is 4.14. The molecule has 0 radical (unpaired) electrons. The standard InChI is InChI=1S/C24H26N2/c1-17-15-24(2,3)26(4)23-13-12-18(14-21(17)23)16-25-22-11-7-9-19-8-5-6-10-20(19)22/h5-14,16-17H,15H2,1-4H3. The molecule has 2 heteroatoms. The lowest BCUT2D eigenvalue weighted by Gasteiger charge is -2.45. The summed E-state index contributed by atoms with van der Waals surface area (Å²) in [6, 6.07) is 21.4. The van der Waals surface area contributed by atoms with Crippen LogP contribution < -0.4 is 4.90 Å². The van der Waals surface area contributed by atoms with Gasteiger partial charge in [0.25, 0.3) is 0 Å². The predicted octanol–water partition coefficient (Wildman–Crippen LogP) is 6.31. The molecule has 1 aliphatic rings. The molecular formula is C24H26N2. The smallest absolute Gasteiger partial charge is 0.0708 e. The van der Waals surface area contributed by atoms with E-state index in [2.05, 4.69) is 93.4 Å². The van der Waals surface area contributed by atoms with E-state index in [0.29, 0.717) is 5.92 Å². The Kier molecular flexibility index (Phi) is 4.07. The molecule has 0 bridgehead atoms. The first kappa shape index (κ1) is 16.8. The summed E-state index contributed by atoms with van der Waals surface area (Å²) >= 11 is 0. The summed E-state index contributed by atoms with van der Waals surface area (Å²) in [7, 11) is 2.20. The second kappa shape index (κ2) is 6.28. The molecule has 1 atom stereocenters. The van der Waals surface area contributed by atoms with Gasteiger partial charge in [0.15, 0.2) is 0 Å². The summed E-state index contributed by atoms with van der Waals surface area (Å²) in [5.41, 5.74) is 5.15. The molecule has 26 heavy (non-hydrogen) atoms. The van der Waals surface area contributed by atoms with E-state index >= 15 is 0 Å². The first-order valence-electron chi connectivity index (χ1n) is 9.35. The van der Waals surface area contributed by atoms with Gasteiger partial charge in [0.05, 0.1) is 5.69 Å². The second-order valence-electron chi connectivity index (χ2n) is 8.05. The van der Waals surface area contributed by atoms with Crippen LogP contribution in [0.25, 0.3) is 10.8 Å². The highest BCUT2D eigenvalue weighted by atomic mass is 15.2. The van der Waals surface area contributed by atoms with Crippen LogP contribution in [-0.2, 0) is 0 Å². The number of hydrogen-bond acceptors (Lipinski definition) is 2. The topological polar surface area (TPSA) is 15.6 Å². The van der Waals surface area contributed by atoms with Gasteiger partial charge in [-0.3, -0.25) is 4.99 Å². The molecule has 0 aromatic heterocycles. The van der Waals surface area contributed by atoms with Gasteiger partial charge in [-0.25, -0.2) is 0 Å². The molecule has 0 saturated heterocycles. The zero-order valence-corrected chi connectivity index (χ0v) is 16.0. The molecule has 3 aromatic rings. The Bertz CT molecular complexity index is 979. The van der Waals surface area contributed by atoms with E-state index in [4.69, 9.17) is 4.99 Å². The highest BCUT2D eigenvalue weighted by molar-refractivity contribution is 5.95. The first-order valence-corrected chi connectivity index (χ1v) is 9.35. The average molecular weight is 342 g/mol. The number of benzene rings is 3. The van der Waals surface area contributed by atoms with E-state index in [0.717, 1.165) is 11.3 Å². The van der Waals surface area contributed by atoms with Gasteiger partial charge in [0, 0.05) is 29.9 Å². The van der Waals surface area contributed by atoms with E-state index < -0.39 is 0 Å². The molecule has 0 saturated carbocycles. The molecule has 1 unspecified atom stereocenters. The zero-order valence-electron chi connectivity index (χ0n) is 16.0. The Labute approximate surface area is 156 Å². The molecule has 1 aliphatic heterocycles. The third-order valence-electron chi connectivity index (χ3n) is 5.78. The van der Waals surface area contributed by atoms with Gasteiger partial charge in [-0.05, 0) is 60.9 Å². The average Bonchev–Trinajstić information content (AvgIpc) is 2.64. The van der Waals surface area contributed by atoms with Gasteiger partial charge in [-0.1, -0.05) is 49.4 Å². The fourth-order valence-corrected chi connectivity index (χ4v) is 4.14. The van der Waals surface area contributed by atoms with Crippen molar-refractivity contribution in [1.29, 1.82) is 0 Å². The van der Waals surface area contributed by atoms with Crippen molar-refractivity contribution < 1.29 is 0 Å². The van der Waals surface area contributed by atoms with E-state index in [1.165, 1.54) is 28.4 Å².